The Morgan fingerprint density at radius 3 is 2.88 bits per heavy atom. The molecule has 0 aliphatic carbocycles. The molecule has 1 aromatic heterocycles. The number of hydrazine groups is 1. The Labute approximate surface area is 51.1 Å². The minimum absolute atomic E-state index is 0.727. The van der Waals surface area contributed by atoms with Gasteiger partial charge in [-0.15, -0.1) is 0 Å². The quantitative estimate of drug-likeness (QED) is 0.424. The van der Waals surface area contributed by atoms with Crippen molar-refractivity contribution in [2.24, 2.45) is 5.84 Å². The highest BCUT2D eigenvalue weighted by molar-refractivity contribution is 7.09. The van der Waals surface area contributed by atoms with E-state index in [4.69, 9.17) is 5.84 Å². The average Bonchev–Trinajstić information content (AvgIpc) is 2.12. The largest absolute Gasteiger partial charge is 0.288 e. The first kappa shape index (κ1) is 5.46. The molecule has 1 rings (SSSR count). The highest BCUT2D eigenvalue weighted by Crippen LogP contribution is 2.07. The highest BCUT2D eigenvalue weighted by atomic mass is 32.1. The second-order valence-corrected chi connectivity index (χ2v) is 2.09. The SMILES string of the molecule is CN(N)c1ncns1. The van der Waals surface area contributed by atoms with Crippen LogP contribution in [0.3, 0.4) is 0 Å². The number of anilines is 1. The summed E-state index contributed by atoms with van der Waals surface area (Å²) >= 11 is 1.27. The van der Waals surface area contributed by atoms with Gasteiger partial charge in [0.15, 0.2) is 0 Å². The Hall–Kier alpha value is -0.680. The van der Waals surface area contributed by atoms with Crippen LogP contribution in [-0.2, 0) is 0 Å². The number of hydrogen-bond donors (Lipinski definition) is 1. The maximum absolute atomic E-state index is 5.30. The van der Waals surface area contributed by atoms with Crippen molar-refractivity contribution in [1.29, 1.82) is 0 Å². The fourth-order valence-corrected chi connectivity index (χ4v) is 0.734. The Kier molecular flexibility index (Phi) is 1.40. The van der Waals surface area contributed by atoms with E-state index in [9.17, 15) is 0 Å². The van der Waals surface area contributed by atoms with Crippen molar-refractivity contribution in [2.45, 2.75) is 0 Å². The average molecular weight is 130 g/mol. The molecule has 0 spiro atoms. The Morgan fingerprint density at radius 2 is 2.62 bits per heavy atom. The van der Waals surface area contributed by atoms with Crippen molar-refractivity contribution in [3.63, 3.8) is 0 Å². The van der Waals surface area contributed by atoms with E-state index in [0.29, 0.717) is 0 Å². The molecule has 0 saturated heterocycles. The van der Waals surface area contributed by atoms with Crippen molar-refractivity contribution < 1.29 is 0 Å². The maximum Gasteiger partial charge on any atom is 0.218 e. The molecule has 2 N–H and O–H groups in total. The summed E-state index contributed by atoms with van der Waals surface area (Å²) in [6.07, 6.45) is 1.48. The predicted molar refractivity (Wildman–Crippen MR) is 32.5 cm³/mol. The molecule has 0 bridgehead atoms. The minimum Gasteiger partial charge on any atom is -0.288 e. The molecule has 5 heteroatoms. The van der Waals surface area contributed by atoms with Gasteiger partial charge in [-0.25, -0.2) is 10.8 Å². The van der Waals surface area contributed by atoms with Gasteiger partial charge < -0.3 is 0 Å². The summed E-state index contributed by atoms with van der Waals surface area (Å²) in [6.45, 7) is 0. The van der Waals surface area contributed by atoms with Crippen LogP contribution in [0, 0.1) is 0 Å². The van der Waals surface area contributed by atoms with E-state index < -0.39 is 0 Å². The van der Waals surface area contributed by atoms with Crippen LogP contribution in [0.1, 0.15) is 0 Å². The second kappa shape index (κ2) is 2.06. The highest BCUT2D eigenvalue weighted by Gasteiger charge is 1.94. The van der Waals surface area contributed by atoms with Crippen molar-refractivity contribution in [2.75, 3.05) is 12.1 Å². The Morgan fingerprint density at radius 1 is 1.88 bits per heavy atom. The zero-order valence-electron chi connectivity index (χ0n) is 4.40. The third-order valence-corrected chi connectivity index (χ3v) is 1.41. The molecule has 44 valence electrons. The van der Waals surface area contributed by atoms with Crippen molar-refractivity contribution >= 4 is 16.7 Å². The summed E-state index contributed by atoms with van der Waals surface area (Å²) in [4.78, 5) is 3.82. The van der Waals surface area contributed by atoms with Crippen molar-refractivity contribution in [3.05, 3.63) is 6.33 Å². The molecule has 0 atom stereocenters. The molecule has 8 heavy (non-hydrogen) atoms. The number of nitrogens with zero attached hydrogens (tertiary/aromatic N) is 3. The van der Waals surface area contributed by atoms with Crippen LogP contribution in [0.4, 0.5) is 5.13 Å². The normalized spacial score (nSPS) is 9.25. The van der Waals surface area contributed by atoms with Gasteiger partial charge in [0.1, 0.15) is 6.33 Å². The van der Waals surface area contributed by atoms with E-state index in [2.05, 4.69) is 9.36 Å². The van der Waals surface area contributed by atoms with Gasteiger partial charge >= 0.3 is 0 Å². The molecule has 0 amide bonds. The fraction of sp³-hybridized carbons (Fsp3) is 0.333. The minimum atomic E-state index is 0.727. The van der Waals surface area contributed by atoms with Gasteiger partial charge in [-0.3, -0.25) is 5.01 Å². The summed E-state index contributed by atoms with van der Waals surface area (Å²) in [6, 6.07) is 0. The van der Waals surface area contributed by atoms with Gasteiger partial charge in [0.05, 0.1) is 0 Å². The van der Waals surface area contributed by atoms with Gasteiger partial charge in [-0.05, 0) is 0 Å². The molecular formula is C3H6N4S. The summed E-state index contributed by atoms with van der Waals surface area (Å²) in [7, 11) is 1.72. The summed E-state index contributed by atoms with van der Waals surface area (Å²) < 4.78 is 3.75. The Balaban J connectivity index is 2.77. The molecule has 1 heterocycles. The van der Waals surface area contributed by atoms with Crippen LogP contribution >= 0.6 is 11.5 Å². The van der Waals surface area contributed by atoms with E-state index in [1.54, 1.807) is 7.05 Å². The summed E-state index contributed by atoms with van der Waals surface area (Å²) in [5.74, 6) is 5.30. The first-order valence-electron chi connectivity index (χ1n) is 2.06. The molecule has 0 unspecified atom stereocenters. The first-order chi connectivity index (χ1) is 3.80. The standard InChI is InChI=1S/C3H6N4S/c1-7(4)3-5-2-6-8-3/h2H,4H2,1H3. The van der Waals surface area contributed by atoms with Gasteiger partial charge in [-0.1, -0.05) is 0 Å². The lowest BCUT2D eigenvalue weighted by molar-refractivity contribution is 1.00. The van der Waals surface area contributed by atoms with Gasteiger partial charge in [0, 0.05) is 18.6 Å². The van der Waals surface area contributed by atoms with Crippen molar-refractivity contribution in [3.8, 4) is 0 Å². The maximum atomic E-state index is 5.30. The van der Waals surface area contributed by atoms with Gasteiger partial charge in [-0.2, -0.15) is 4.37 Å². The van der Waals surface area contributed by atoms with Gasteiger partial charge in [0.2, 0.25) is 5.13 Å². The molecule has 0 radical (unpaired) electrons. The lowest BCUT2D eigenvalue weighted by Gasteiger charge is -2.02. The zero-order chi connectivity index (χ0) is 5.98. The van der Waals surface area contributed by atoms with Crippen LogP contribution in [0.2, 0.25) is 0 Å². The van der Waals surface area contributed by atoms with E-state index in [-0.39, 0.29) is 0 Å². The van der Waals surface area contributed by atoms with Crippen LogP contribution in [-0.4, -0.2) is 16.4 Å². The lowest BCUT2D eigenvalue weighted by Crippen LogP contribution is -2.24. The Bertz CT molecular complexity index is 146. The topological polar surface area (TPSA) is 55.0 Å². The van der Waals surface area contributed by atoms with Crippen LogP contribution in [0.15, 0.2) is 6.33 Å². The molecule has 0 fully saturated rings. The van der Waals surface area contributed by atoms with Crippen LogP contribution < -0.4 is 10.9 Å². The smallest absolute Gasteiger partial charge is 0.218 e. The van der Waals surface area contributed by atoms with E-state index >= 15 is 0 Å². The predicted octanol–water partition coefficient (Wildman–Crippen LogP) is -0.152. The van der Waals surface area contributed by atoms with Crippen LogP contribution in [0.25, 0.3) is 0 Å². The van der Waals surface area contributed by atoms with E-state index in [1.807, 2.05) is 0 Å². The number of nitrogens with two attached hydrogens (primary N) is 1. The summed E-state index contributed by atoms with van der Waals surface area (Å²) in [5, 5.41) is 2.16. The third kappa shape index (κ3) is 0.932. The molecule has 0 aliphatic rings. The van der Waals surface area contributed by atoms with E-state index in [1.165, 1.54) is 22.9 Å². The summed E-state index contributed by atoms with van der Waals surface area (Å²) in [5.41, 5.74) is 0. The zero-order valence-corrected chi connectivity index (χ0v) is 5.22. The molecule has 0 saturated carbocycles. The number of rotatable bonds is 1. The molecule has 1 aromatic rings. The number of hydrogen-bond acceptors (Lipinski definition) is 5. The first-order valence-corrected chi connectivity index (χ1v) is 2.83. The fourth-order valence-electron chi connectivity index (χ4n) is 0.323. The van der Waals surface area contributed by atoms with E-state index in [0.717, 1.165) is 5.13 Å². The van der Waals surface area contributed by atoms with Crippen molar-refractivity contribution in [1.82, 2.24) is 9.36 Å². The monoisotopic (exact) mass is 130 g/mol. The molecule has 4 nitrogen and oxygen atoms in total. The number of aromatic nitrogens is 2. The van der Waals surface area contributed by atoms with Crippen LogP contribution in [0.5, 0.6) is 0 Å². The molecule has 0 aromatic carbocycles. The second-order valence-electron chi connectivity index (χ2n) is 1.33. The lowest BCUT2D eigenvalue weighted by atomic mass is 11.0. The van der Waals surface area contributed by atoms with Gasteiger partial charge in [0.25, 0.3) is 0 Å². The third-order valence-electron chi connectivity index (χ3n) is 0.651. The molecular weight excluding hydrogens is 124 g/mol. The molecule has 0 aliphatic heterocycles.